The lowest BCUT2D eigenvalue weighted by molar-refractivity contribution is -0.138. The molecule has 0 atom stereocenters. The molecule has 3 fully saturated rings. The van der Waals surface area contributed by atoms with Crippen LogP contribution in [0.3, 0.4) is 0 Å². The van der Waals surface area contributed by atoms with E-state index in [1.165, 1.54) is 25.7 Å². The first-order chi connectivity index (χ1) is 6.84. The molecule has 1 heterocycles. The number of carbonyl (C=O) groups is 1. The normalized spacial score (nSPS) is 27.1. The summed E-state index contributed by atoms with van der Waals surface area (Å²) in [5.74, 6) is 1.57. The van der Waals surface area contributed by atoms with Crippen LogP contribution in [0.25, 0.3) is 0 Å². The van der Waals surface area contributed by atoms with Crippen molar-refractivity contribution in [2.24, 2.45) is 11.8 Å². The largest absolute Gasteiger partial charge is 0.339 e. The molecule has 3 rings (SSSR count). The molecule has 1 amide bonds. The van der Waals surface area contributed by atoms with E-state index in [9.17, 15) is 4.79 Å². The minimum absolute atomic E-state index is 0.300. The highest BCUT2D eigenvalue weighted by Crippen LogP contribution is 2.35. The zero-order valence-corrected chi connectivity index (χ0v) is 8.54. The van der Waals surface area contributed by atoms with E-state index in [4.69, 9.17) is 0 Å². The summed E-state index contributed by atoms with van der Waals surface area (Å²) in [5, 5.41) is 3.18. The van der Waals surface area contributed by atoms with Crippen LogP contribution in [-0.4, -0.2) is 36.5 Å². The molecule has 2 saturated carbocycles. The van der Waals surface area contributed by atoms with Crippen LogP contribution in [0.5, 0.6) is 0 Å². The molecule has 1 N–H and O–H groups in total. The van der Waals surface area contributed by atoms with Crippen LogP contribution >= 0.6 is 0 Å². The molecule has 14 heavy (non-hydrogen) atoms. The van der Waals surface area contributed by atoms with Crippen molar-refractivity contribution in [2.45, 2.75) is 31.7 Å². The fourth-order valence-corrected chi connectivity index (χ4v) is 2.08. The molecule has 0 bridgehead atoms. The molecular weight excluding hydrogens is 176 g/mol. The van der Waals surface area contributed by atoms with E-state index in [0.29, 0.717) is 17.9 Å². The summed E-state index contributed by atoms with van der Waals surface area (Å²) in [6.45, 7) is 2.87. The van der Waals surface area contributed by atoms with Crippen molar-refractivity contribution in [1.82, 2.24) is 10.2 Å². The zero-order valence-electron chi connectivity index (χ0n) is 8.54. The van der Waals surface area contributed by atoms with E-state index in [1.54, 1.807) is 0 Å². The third kappa shape index (κ3) is 1.65. The van der Waals surface area contributed by atoms with Gasteiger partial charge in [-0.1, -0.05) is 0 Å². The molecule has 0 aromatic rings. The molecule has 0 spiro atoms. The number of hydrogen-bond acceptors (Lipinski definition) is 2. The topological polar surface area (TPSA) is 32.3 Å². The Labute approximate surface area is 84.8 Å². The van der Waals surface area contributed by atoms with E-state index >= 15 is 0 Å². The predicted octanol–water partition coefficient (Wildman–Crippen LogP) is 0.607. The van der Waals surface area contributed by atoms with Crippen molar-refractivity contribution in [1.29, 1.82) is 0 Å². The van der Waals surface area contributed by atoms with Gasteiger partial charge in [-0.05, 0) is 31.6 Å². The van der Waals surface area contributed by atoms with Gasteiger partial charge >= 0.3 is 0 Å². The van der Waals surface area contributed by atoms with Gasteiger partial charge < -0.3 is 10.2 Å². The minimum atomic E-state index is 0.300. The van der Waals surface area contributed by atoms with Gasteiger partial charge in [-0.2, -0.15) is 0 Å². The summed E-state index contributed by atoms with van der Waals surface area (Å²) >= 11 is 0. The number of rotatable bonds is 4. The smallest absolute Gasteiger partial charge is 0.228 e. The van der Waals surface area contributed by atoms with Gasteiger partial charge in [0.05, 0.1) is 5.92 Å². The quantitative estimate of drug-likeness (QED) is 0.711. The third-order valence-electron chi connectivity index (χ3n) is 3.55. The first-order valence-electron chi connectivity index (χ1n) is 5.86. The summed E-state index contributed by atoms with van der Waals surface area (Å²) in [7, 11) is 0. The van der Waals surface area contributed by atoms with E-state index in [2.05, 4.69) is 10.2 Å². The maximum absolute atomic E-state index is 12.1. The molecule has 2 aliphatic carbocycles. The molecule has 0 aromatic heterocycles. The van der Waals surface area contributed by atoms with Crippen LogP contribution < -0.4 is 5.32 Å². The van der Waals surface area contributed by atoms with Gasteiger partial charge in [0.15, 0.2) is 0 Å². The lowest BCUT2D eigenvalue weighted by Gasteiger charge is -2.32. The highest BCUT2D eigenvalue weighted by Gasteiger charge is 2.40. The highest BCUT2D eigenvalue weighted by molar-refractivity contribution is 5.80. The summed E-state index contributed by atoms with van der Waals surface area (Å²) in [6.07, 6.45) is 5.19. The fraction of sp³-hybridized carbons (Fsp3) is 0.909. The fourth-order valence-electron chi connectivity index (χ4n) is 2.08. The van der Waals surface area contributed by atoms with Crippen LogP contribution in [-0.2, 0) is 4.79 Å². The second-order valence-corrected chi connectivity index (χ2v) is 5.02. The number of nitrogens with one attached hydrogen (secondary N) is 1. The molecule has 0 radical (unpaired) electrons. The Hall–Kier alpha value is -0.570. The van der Waals surface area contributed by atoms with E-state index in [0.717, 1.165) is 25.6 Å². The molecule has 78 valence electrons. The molecule has 3 aliphatic rings. The van der Waals surface area contributed by atoms with Crippen molar-refractivity contribution in [3.63, 3.8) is 0 Å². The van der Waals surface area contributed by atoms with Crippen molar-refractivity contribution < 1.29 is 4.79 Å². The minimum Gasteiger partial charge on any atom is -0.339 e. The van der Waals surface area contributed by atoms with Gasteiger partial charge in [0.25, 0.3) is 0 Å². The van der Waals surface area contributed by atoms with Gasteiger partial charge in [-0.25, -0.2) is 0 Å². The Morgan fingerprint density at radius 2 is 1.93 bits per heavy atom. The van der Waals surface area contributed by atoms with Crippen LogP contribution in [0.15, 0.2) is 0 Å². The average molecular weight is 194 g/mol. The predicted molar refractivity (Wildman–Crippen MR) is 53.8 cm³/mol. The monoisotopic (exact) mass is 194 g/mol. The van der Waals surface area contributed by atoms with Gasteiger partial charge in [-0.15, -0.1) is 0 Å². The Morgan fingerprint density at radius 1 is 1.21 bits per heavy atom. The number of carbonyl (C=O) groups excluding carboxylic acids is 1. The Bertz CT molecular complexity index is 242. The standard InChI is InChI=1S/C11H18N2O/c14-11(9-5-12-6-9)13(10-3-4-10)7-8-1-2-8/h8-10,12H,1-7H2. The second-order valence-electron chi connectivity index (χ2n) is 5.02. The molecule has 3 heteroatoms. The number of nitrogens with zero attached hydrogens (tertiary/aromatic N) is 1. The molecule has 1 aliphatic heterocycles. The van der Waals surface area contributed by atoms with Crippen molar-refractivity contribution in [3.8, 4) is 0 Å². The van der Waals surface area contributed by atoms with Crippen molar-refractivity contribution in [2.75, 3.05) is 19.6 Å². The Kier molecular flexibility index (Phi) is 2.01. The first-order valence-corrected chi connectivity index (χ1v) is 5.86. The maximum atomic E-state index is 12.1. The SMILES string of the molecule is O=C(C1CNC1)N(CC1CC1)C1CC1. The molecular formula is C11H18N2O. The van der Waals surface area contributed by atoms with E-state index in [1.807, 2.05) is 0 Å². The third-order valence-corrected chi connectivity index (χ3v) is 3.55. The lowest BCUT2D eigenvalue weighted by Crippen LogP contribution is -2.53. The van der Waals surface area contributed by atoms with Crippen LogP contribution in [0, 0.1) is 11.8 Å². The maximum Gasteiger partial charge on any atom is 0.228 e. The zero-order chi connectivity index (χ0) is 9.54. The summed E-state index contributed by atoms with van der Waals surface area (Å²) in [4.78, 5) is 14.2. The van der Waals surface area contributed by atoms with Gasteiger partial charge in [-0.3, -0.25) is 4.79 Å². The summed E-state index contributed by atoms with van der Waals surface area (Å²) < 4.78 is 0. The second kappa shape index (κ2) is 3.23. The number of hydrogen-bond donors (Lipinski definition) is 1. The average Bonchev–Trinajstić information content (AvgIpc) is 2.91. The van der Waals surface area contributed by atoms with E-state index < -0.39 is 0 Å². The lowest BCUT2D eigenvalue weighted by atomic mass is 10.0. The van der Waals surface area contributed by atoms with Crippen molar-refractivity contribution in [3.05, 3.63) is 0 Å². The summed E-state index contributed by atoms with van der Waals surface area (Å²) in [6, 6.07) is 0.615. The van der Waals surface area contributed by atoms with Crippen LogP contribution in [0.4, 0.5) is 0 Å². The molecule has 0 unspecified atom stereocenters. The van der Waals surface area contributed by atoms with Gasteiger partial charge in [0, 0.05) is 25.7 Å². The van der Waals surface area contributed by atoms with Gasteiger partial charge in [0.1, 0.15) is 0 Å². The van der Waals surface area contributed by atoms with E-state index in [-0.39, 0.29) is 0 Å². The van der Waals surface area contributed by atoms with Crippen LogP contribution in [0.1, 0.15) is 25.7 Å². The van der Waals surface area contributed by atoms with Gasteiger partial charge in [0.2, 0.25) is 5.91 Å². The van der Waals surface area contributed by atoms with Crippen molar-refractivity contribution >= 4 is 5.91 Å². The molecule has 3 nitrogen and oxygen atoms in total. The highest BCUT2D eigenvalue weighted by atomic mass is 16.2. The summed E-state index contributed by atoms with van der Waals surface area (Å²) in [5.41, 5.74) is 0. The number of amides is 1. The molecule has 0 aromatic carbocycles. The first kappa shape index (κ1) is 8.72. The van der Waals surface area contributed by atoms with Crippen LogP contribution in [0.2, 0.25) is 0 Å². The Morgan fingerprint density at radius 3 is 2.36 bits per heavy atom. The Balaban J connectivity index is 1.60. The molecule has 1 saturated heterocycles.